The number of anilines is 2. The zero-order chi connectivity index (χ0) is 25.6. The number of hydrogen-bond donors (Lipinski definition) is 2. The van der Waals surface area contributed by atoms with E-state index in [4.69, 9.17) is 5.73 Å². The van der Waals surface area contributed by atoms with Crippen molar-refractivity contribution in [3.63, 3.8) is 0 Å². The molecular formula is C24H20F4N6OS. The molecule has 1 atom stereocenters. The normalized spacial score (nSPS) is 16.1. The van der Waals surface area contributed by atoms with Gasteiger partial charge in [-0.05, 0) is 43.7 Å². The van der Waals surface area contributed by atoms with E-state index in [1.807, 2.05) is 13.0 Å². The maximum Gasteiger partial charge on any atom is 0.417 e. The molecule has 5 rings (SSSR count). The van der Waals surface area contributed by atoms with E-state index in [2.05, 4.69) is 25.2 Å². The fraction of sp³-hybridized carbons (Fsp3) is 0.250. The van der Waals surface area contributed by atoms with Gasteiger partial charge >= 0.3 is 6.18 Å². The Hall–Kier alpha value is -3.64. The van der Waals surface area contributed by atoms with Crippen LogP contribution in [0.4, 0.5) is 28.9 Å². The van der Waals surface area contributed by atoms with Gasteiger partial charge in [0.2, 0.25) is 0 Å². The SMILES string of the molecule is Cc1nc2c(N3CCC(N)C3)c(NC(=O)c3ccnc(-c4c(F)cccc4C(F)(F)F)n3)ccc2s1. The molecule has 1 saturated heterocycles. The van der Waals surface area contributed by atoms with E-state index in [0.717, 1.165) is 51.7 Å². The number of carbonyl (C=O) groups is 1. The first-order chi connectivity index (χ1) is 17.1. The molecule has 0 spiro atoms. The highest BCUT2D eigenvalue weighted by Gasteiger charge is 2.36. The minimum Gasteiger partial charge on any atom is -0.366 e. The molecule has 2 aromatic heterocycles. The van der Waals surface area contributed by atoms with Gasteiger partial charge in [0.15, 0.2) is 5.82 Å². The molecule has 1 amide bonds. The van der Waals surface area contributed by atoms with Crippen molar-refractivity contribution in [1.82, 2.24) is 15.0 Å². The van der Waals surface area contributed by atoms with Crippen molar-refractivity contribution in [2.24, 2.45) is 5.73 Å². The standard InChI is InChI=1S/C24H20F4N6OS/c1-12-31-20-18(36-12)6-5-16(21(20)34-10-8-13(29)11-34)33-23(35)17-7-9-30-22(32-17)19-14(24(26,27)28)3-2-4-15(19)25/h2-7,9,13H,8,10-11,29H2,1H3,(H,33,35). The maximum atomic E-state index is 14.5. The lowest BCUT2D eigenvalue weighted by Crippen LogP contribution is -2.27. The average molecular weight is 517 g/mol. The van der Waals surface area contributed by atoms with Crippen LogP contribution in [-0.2, 0) is 6.18 Å². The summed E-state index contributed by atoms with van der Waals surface area (Å²) in [5.41, 5.74) is 5.77. The van der Waals surface area contributed by atoms with Gasteiger partial charge in [-0.25, -0.2) is 19.3 Å². The maximum absolute atomic E-state index is 14.5. The number of halogens is 4. The number of fused-ring (bicyclic) bond motifs is 1. The first-order valence-corrected chi connectivity index (χ1v) is 11.8. The van der Waals surface area contributed by atoms with Gasteiger partial charge < -0.3 is 16.0 Å². The van der Waals surface area contributed by atoms with Crippen molar-refractivity contribution in [2.45, 2.75) is 25.6 Å². The van der Waals surface area contributed by atoms with Gasteiger partial charge in [0.05, 0.1) is 32.2 Å². The van der Waals surface area contributed by atoms with Crippen LogP contribution in [0.15, 0.2) is 42.6 Å². The summed E-state index contributed by atoms with van der Waals surface area (Å²) in [6.07, 6.45) is -2.92. The van der Waals surface area contributed by atoms with E-state index in [0.29, 0.717) is 18.8 Å². The number of carbonyl (C=O) groups excluding carboxylic acids is 1. The lowest BCUT2D eigenvalue weighted by atomic mass is 10.1. The van der Waals surface area contributed by atoms with Crippen molar-refractivity contribution in [3.05, 3.63) is 64.7 Å². The lowest BCUT2D eigenvalue weighted by Gasteiger charge is -2.22. The summed E-state index contributed by atoms with van der Waals surface area (Å²) in [6.45, 7) is 3.16. The van der Waals surface area contributed by atoms with Crippen LogP contribution in [0.2, 0.25) is 0 Å². The zero-order valence-electron chi connectivity index (χ0n) is 18.9. The van der Waals surface area contributed by atoms with E-state index in [9.17, 15) is 22.4 Å². The average Bonchev–Trinajstić information content (AvgIpc) is 3.42. The number of nitrogens with one attached hydrogen (secondary N) is 1. The van der Waals surface area contributed by atoms with Crippen molar-refractivity contribution in [3.8, 4) is 11.4 Å². The lowest BCUT2D eigenvalue weighted by molar-refractivity contribution is -0.137. The van der Waals surface area contributed by atoms with Gasteiger partial charge in [0, 0.05) is 25.3 Å². The van der Waals surface area contributed by atoms with Gasteiger partial charge in [0.1, 0.15) is 17.0 Å². The Kier molecular flexibility index (Phi) is 6.08. The second-order valence-electron chi connectivity index (χ2n) is 8.42. The third kappa shape index (κ3) is 4.49. The second kappa shape index (κ2) is 9.10. The Balaban J connectivity index is 1.52. The predicted molar refractivity (Wildman–Crippen MR) is 130 cm³/mol. The van der Waals surface area contributed by atoms with Crippen molar-refractivity contribution in [1.29, 1.82) is 0 Å². The van der Waals surface area contributed by atoms with E-state index < -0.39 is 34.9 Å². The summed E-state index contributed by atoms with van der Waals surface area (Å²) in [5.74, 6) is -2.36. The first kappa shape index (κ1) is 24.1. The molecular weight excluding hydrogens is 496 g/mol. The van der Waals surface area contributed by atoms with Gasteiger partial charge in [-0.3, -0.25) is 4.79 Å². The Labute approximate surface area is 207 Å². The van der Waals surface area contributed by atoms with Crippen molar-refractivity contribution < 1.29 is 22.4 Å². The molecule has 3 N–H and O–H groups in total. The fourth-order valence-corrected chi connectivity index (χ4v) is 5.11. The Morgan fingerprint density at radius 3 is 2.72 bits per heavy atom. The number of rotatable bonds is 4. The summed E-state index contributed by atoms with van der Waals surface area (Å²) in [7, 11) is 0. The van der Waals surface area contributed by atoms with Crippen LogP contribution in [0.3, 0.4) is 0 Å². The number of hydrogen-bond acceptors (Lipinski definition) is 7. The number of alkyl halides is 3. The minimum absolute atomic E-state index is 0.0171. The number of aromatic nitrogens is 3. The van der Waals surface area contributed by atoms with E-state index >= 15 is 0 Å². The number of nitrogens with zero attached hydrogens (tertiary/aromatic N) is 4. The largest absolute Gasteiger partial charge is 0.417 e. The molecule has 4 aromatic rings. The number of thiazole rings is 1. The molecule has 1 aliphatic rings. The molecule has 0 bridgehead atoms. The highest BCUT2D eigenvalue weighted by molar-refractivity contribution is 7.18. The summed E-state index contributed by atoms with van der Waals surface area (Å²) >= 11 is 1.52. The van der Waals surface area contributed by atoms with E-state index in [1.54, 1.807) is 6.07 Å². The Bertz CT molecular complexity index is 1470. The summed E-state index contributed by atoms with van der Waals surface area (Å²) < 4.78 is 55.9. The number of nitrogens with two attached hydrogens (primary N) is 1. The molecule has 186 valence electrons. The molecule has 0 radical (unpaired) electrons. The van der Waals surface area contributed by atoms with Gasteiger partial charge in [0.25, 0.3) is 5.91 Å². The zero-order valence-corrected chi connectivity index (χ0v) is 19.8. The molecule has 0 aliphatic carbocycles. The molecule has 7 nitrogen and oxygen atoms in total. The van der Waals surface area contributed by atoms with Crippen LogP contribution in [0.1, 0.15) is 27.5 Å². The van der Waals surface area contributed by atoms with Crippen LogP contribution < -0.4 is 16.0 Å². The smallest absolute Gasteiger partial charge is 0.366 e. The summed E-state index contributed by atoms with van der Waals surface area (Å²) in [5, 5.41) is 3.66. The van der Waals surface area contributed by atoms with Crippen LogP contribution in [0.25, 0.3) is 21.6 Å². The Morgan fingerprint density at radius 1 is 1.19 bits per heavy atom. The third-order valence-electron chi connectivity index (χ3n) is 5.86. The molecule has 0 saturated carbocycles. The fourth-order valence-electron chi connectivity index (χ4n) is 4.28. The number of benzene rings is 2. The molecule has 1 fully saturated rings. The van der Waals surface area contributed by atoms with Crippen LogP contribution in [0, 0.1) is 12.7 Å². The topological polar surface area (TPSA) is 97.0 Å². The van der Waals surface area contributed by atoms with Crippen molar-refractivity contribution >= 4 is 38.8 Å². The highest BCUT2D eigenvalue weighted by atomic mass is 32.1. The number of amides is 1. The number of aryl methyl sites for hydroxylation is 1. The van der Waals surface area contributed by atoms with Gasteiger partial charge in [-0.2, -0.15) is 13.2 Å². The molecule has 12 heteroatoms. The van der Waals surface area contributed by atoms with Crippen LogP contribution in [0.5, 0.6) is 0 Å². The monoisotopic (exact) mass is 516 g/mol. The van der Waals surface area contributed by atoms with Gasteiger partial charge in [-0.1, -0.05) is 6.07 Å². The minimum atomic E-state index is -4.83. The predicted octanol–water partition coefficient (Wildman–Crippen LogP) is 5.01. The Morgan fingerprint density at radius 2 is 2.00 bits per heavy atom. The van der Waals surface area contributed by atoms with Crippen LogP contribution in [-0.4, -0.2) is 40.0 Å². The van der Waals surface area contributed by atoms with E-state index in [1.165, 1.54) is 17.4 Å². The molecule has 2 aromatic carbocycles. The molecule has 1 unspecified atom stereocenters. The molecule has 36 heavy (non-hydrogen) atoms. The molecule has 3 heterocycles. The summed E-state index contributed by atoms with van der Waals surface area (Å²) in [4.78, 5) is 27.6. The third-order valence-corrected chi connectivity index (χ3v) is 6.80. The quantitative estimate of drug-likeness (QED) is 0.370. The highest BCUT2D eigenvalue weighted by Crippen LogP contribution is 2.39. The van der Waals surface area contributed by atoms with Crippen molar-refractivity contribution in [2.75, 3.05) is 23.3 Å². The summed E-state index contributed by atoms with van der Waals surface area (Å²) in [6, 6.07) is 7.42. The second-order valence-corrected chi connectivity index (χ2v) is 9.65. The first-order valence-electron chi connectivity index (χ1n) is 11.0. The van der Waals surface area contributed by atoms with Crippen LogP contribution >= 0.6 is 11.3 Å². The van der Waals surface area contributed by atoms with Gasteiger partial charge in [-0.15, -0.1) is 11.3 Å². The molecule has 1 aliphatic heterocycles. The van der Waals surface area contributed by atoms with E-state index in [-0.39, 0.29) is 11.7 Å².